The normalized spacial score (nSPS) is 13.6. The van der Waals surface area contributed by atoms with Crippen LogP contribution in [0.2, 0.25) is 5.02 Å². The molecule has 8 heteroatoms. The first-order valence-electron chi connectivity index (χ1n) is 8.83. The summed E-state index contributed by atoms with van der Waals surface area (Å²) in [5.41, 5.74) is 3.30. The zero-order valence-electron chi connectivity index (χ0n) is 15.7. The third-order valence-electron chi connectivity index (χ3n) is 4.69. The van der Waals surface area contributed by atoms with Gasteiger partial charge in [-0.2, -0.15) is 0 Å². The molecule has 0 aliphatic carbocycles. The lowest BCUT2D eigenvalue weighted by molar-refractivity contribution is -0.136. The van der Waals surface area contributed by atoms with Crippen molar-refractivity contribution in [3.8, 4) is 5.75 Å². The highest BCUT2D eigenvalue weighted by molar-refractivity contribution is 6.40. The Hall–Kier alpha value is -2.77. The van der Waals surface area contributed by atoms with E-state index in [0.717, 1.165) is 24.2 Å². The van der Waals surface area contributed by atoms with Crippen LogP contribution in [0.15, 0.2) is 36.4 Å². The van der Waals surface area contributed by atoms with Gasteiger partial charge in [0, 0.05) is 30.8 Å². The molecule has 148 valence electrons. The van der Waals surface area contributed by atoms with Crippen LogP contribution in [-0.4, -0.2) is 44.2 Å². The number of benzene rings is 2. The minimum Gasteiger partial charge on any atom is -0.495 e. The summed E-state index contributed by atoms with van der Waals surface area (Å²) >= 11 is 5.91. The quantitative estimate of drug-likeness (QED) is 0.665. The summed E-state index contributed by atoms with van der Waals surface area (Å²) in [6.45, 7) is 0.867. The summed E-state index contributed by atoms with van der Waals surface area (Å²) < 4.78 is 5.13. The molecule has 2 aromatic rings. The number of likely N-dealkylation sites (N-methyl/N-ethyl adjacent to an activating group) is 1. The number of hydrogen-bond acceptors (Lipinski definition) is 5. The number of nitrogens with one attached hydrogen (secondary N) is 2. The average molecular weight is 404 g/mol. The number of ether oxygens (including phenoxy) is 1. The van der Waals surface area contributed by atoms with Crippen molar-refractivity contribution >= 4 is 34.8 Å². The third-order valence-corrected chi connectivity index (χ3v) is 4.92. The smallest absolute Gasteiger partial charge is 0.313 e. The number of aliphatic hydroxyl groups is 1. The van der Waals surface area contributed by atoms with Gasteiger partial charge in [-0.05, 0) is 41.8 Å². The van der Waals surface area contributed by atoms with E-state index in [0.29, 0.717) is 22.0 Å². The van der Waals surface area contributed by atoms with Gasteiger partial charge in [0.05, 0.1) is 18.9 Å². The first-order chi connectivity index (χ1) is 13.4. The maximum absolute atomic E-state index is 12.1. The Labute approximate surface area is 168 Å². The summed E-state index contributed by atoms with van der Waals surface area (Å²) in [6, 6.07) is 10.4. The van der Waals surface area contributed by atoms with Crippen LogP contribution in [0.25, 0.3) is 0 Å². The zero-order chi connectivity index (χ0) is 20.3. The fourth-order valence-corrected chi connectivity index (χ4v) is 3.31. The number of anilines is 2. The van der Waals surface area contributed by atoms with E-state index in [9.17, 15) is 14.7 Å². The number of carbonyl (C=O) groups is 2. The largest absolute Gasteiger partial charge is 0.495 e. The lowest BCUT2D eigenvalue weighted by atomic mass is 10.0. The van der Waals surface area contributed by atoms with Crippen molar-refractivity contribution in [2.75, 3.05) is 37.5 Å². The summed E-state index contributed by atoms with van der Waals surface area (Å²) in [5, 5.41) is 15.7. The molecule has 0 radical (unpaired) electrons. The lowest BCUT2D eigenvalue weighted by Gasteiger charge is -2.15. The van der Waals surface area contributed by atoms with Crippen molar-refractivity contribution in [1.29, 1.82) is 0 Å². The van der Waals surface area contributed by atoms with Crippen molar-refractivity contribution in [2.24, 2.45) is 0 Å². The second-order valence-corrected chi connectivity index (χ2v) is 7.02. The average Bonchev–Trinajstić information content (AvgIpc) is 3.06. The lowest BCUT2D eigenvalue weighted by Crippen LogP contribution is -2.37. The van der Waals surface area contributed by atoms with Crippen LogP contribution in [0.3, 0.4) is 0 Å². The summed E-state index contributed by atoms with van der Waals surface area (Å²) in [6.07, 6.45) is 0.0106. The van der Waals surface area contributed by atoms with E-state index < -0.39 is 17.9 Å². The number of nitrogens with zero attached hydrogens (tertiary/aromatic N) is 1. The molecule has 28 heavy (non-hydrogen) atoms. The van der Waals surface area contributed by atoms with Crippen molar-refractivity contribution in [3.63, 3.8) is 0 Å². The van der Waals surface area contributed by atoms with Crippen molar-refractivity contribution < 1.29 is 19.4 Å². The van der Waals surface area contributed by atoms with Gasteiger partial charge in [0.2, 0.25) is 0 Å². The molecule has 1 aliphatic heterocycles. The molecule has 0 saturated heterocycles. The van der Waals surface area contributed by atoms with Gasteiger partial charge in [0.1, 0.15) is 5.75 Å². The van der Waals surface area contributed by atoms with E-state index in [1.54, 1.807) is 12.1 Å². The van der Waals surface area contributed by atoms with Gasteiger partial charge < -0.3 is 25.4 Å². The van der Waals surface area contributed by atoms with Crippen LogP contribution < -0.4 is 20.3 Å². The van der Waals surface area contributed by atoms with E-state index in [1.807, 2.05) is 25.2 Å². The van der Waals surface area contributed by atoms with Crippen LogP contribution in [0.5, 0.6) is 5.75 Å². The predicted molar refractivity (Wildman–Crippen MR) is 108 cm³/mol. The monoisotopic (exact) mass is 403 g/mol. The maximum Gasteiger partial charge on any atom is 0.313 e. The Bertz CT molecular complexity index is 903. The molecule has 3 N–H and O–H groups in total. The Morgan fingerprint density at radius 3 is 2.79 bits per heavy atom. The van der Waals surface area contributed by atoms with Crippen LogP contribution in [0.1, 0.15) is 17.2 Å². The van der Waals surface area contributed by atoms with Gasteiger partial charge >= 0.3 is 11.8 Å². The molecular formula is C20H22ClN3O4. The fraction of sp³-hybridized carbons (Fsp3) is 0.300. The van der Waals surface area contributed by atoms with Gasteiger partial charge in [0.25, 0.3) is 0 Å². The molecule has 1 heterocycles. The molecule has 0 aromatic heterocycles. The maximum atomic E-state index is 12.1. The Morgan fingerprint density at radius 2 is 2.04 bits per heavy atom. The Morgan fingerprint density at radius 1 is 1.25 bits per heavy atom. The van der Waals surface area contributed by atoms with E-state index in [4.69, 9.17) is 16.3 Å². The van der Waals surface area contributed by atoms with Crippen LogP contribution in [0.4, 0.5) is 11.4 Å². The second kappa shape index (κ2) is 8.50. The third kappa shape index (κ3) is 4.37. The standard InChI is InChI=1S/C20H22ClN3O4/c1-24-8-7-12-9-13(3-5-16(12)24)17(25)11-22-19(26)20(27)23-15-10-14(21)4-6-18(15)28-2/h3-6,9-10,17,25H,7-8,11H2,1-2H3,(H,22,26)(H,23,27). The molecule has 0 bridgehead atoms. The van der Waals surface area contributed by atoms with E-state index >= 15 is 0 Å². The molecule has 1 unspecified atom stereocenters. The molecule has 2 amide bonds. The molecule has 1 atom stereocenters. The van der Waals surface area contributed by atoms with Gasteiger partial charge in [-0.25, -0.2) is 0 Å². The van der Waals surface area contributed by atoms with Crippen molar-refractivity contribution in [2.45, 2.75) is 12.5 Å². The number of aliphatic hydroxyl groups excluding tert-OH is 1. The fourth-order valence-electron chi connectivity index (χ4n) is 3.14. The van der Waals surface area contributed by atoms with Crippen LogP contribution in [0, 0.1) is 0 Å². The highest BCUT2D eigenvalue weighted by atomic mass is 35.5. The summed E-state index contributed by atoms with van der Waals surface area (Å²) in [4.78, 5) is 26.4. The molecule has 0 spiro atoms. The SMILES string of the molecule is COc1ccc(Cl)cc1NC(=O)C(=O)NCC(O)c1ccc2c(c1)CCN2C. The topological polar surface area (TPSA) is 90.9 Å². The van der Waals surface area contributed by atoms with Gasteiger partial charge in [-0.1, -0.05) is 23.7 Å². The molecule has 2 aromatic carbocycles. The number of fused-ring (bicyclic) bond motifs is 1. The van der Waals surface area contributed by atoms with Gasteiger partial charge in [-0.15, -0.1) is 0 Å². The molecule has 0 fully saturated rings. The van der Waals surface area contributed by atoms with Gasteiger partial charge in [-0.3, -0.25) is 9.59 Å². The molecular weight excluding hydrogens is 382 g/mol. The highest BCUT2D eigenvalue weighted by Crippen LogP contribution is 2.29. The van der Waals surface area contributed by atoms with E-state index in [-0.39, 0.29) is 6.54 Å². The first kappa shape index (κ1) is 20.0. The minimum absolute atomic E-state index is 0.0758. The summed E-state index contributed by atoms with van der Waals surface area (Å²) in [5.74, 6) is -1.35. The predicted octanol–water partition coefficient (Wildman–Crippen LogP) is 2.13. The number of methoxy groups -OCH3 is 1. The molecule has 7 nitrogen and oxygen atoms in total. The Kier molecular flexibility index (Phi) is 6.06. The summed E-state index contributed by atoms with van der Waals surface area (Å²) in [7, 11) is 3.47. The minimum atomic E-state index is -0.909. The number of halogens is 1. The molecule has 1 aliphatic rings. The number of rotatable bonds is 5. The second-order valence-electron chi connectivity index (χ2n) is 6.58. The molecule has 3 rings (SSSR count). The van der Waals surface area contributed by atoms with E-state index in [1.165, 1.54) is 13.2 Å². The van der Waals surface area contributed by atoms with Crippen LogP contribution in [-0.2, 0) is 16.0 Å². The Balaban J connectivity index is 1.58. The number of hydrogen-bond donors (Lipinski definition) is 3. The van der Waals surface area contributed by atoms with Gasteiger partial charge in [0.15, 0.2) is 0 Å². The highest BCUT2D eigenvalue weighted by Gasteiger charge is 2.20. The number of carbonyl (C=O) groups excluding carboxylic acids is 2. The van der Waals surface area contributed by atoms with Crippen molar-refractivity contribution in [3.05, 3.63) is 52.5 Å². The number of amides is 2. The van der Waals surface area contributed by atoms with Crippen LogP contribution >= 0.6 is 11.6 Å². The van der Waals surface area contributed by atoms with E-state index in [2.05, 4.69) is 15.5 Å². The zero-order valence-corrected chi connectivity index (χ0v) is 16.4. The van der Waals surface area contributed by atoms with Crippen molar-refractivity contribution in [1.82, 2.24) is 5.32 Å². The molecule has 0 saturated carbocycles. The first-order valence-corrected chi connectivity index (χ1v) is 9.21.